The normalized spacial score (nSPS) is 12.8. The fraction of sp³-hybridized carbons (Fsp3) is 0.143. The van der Waals surface area contributed by atoms with E-state index in [1.54, 1.807) is 0 Å². The molecule has 0 bridgehead atoms. The Morgan fingerprint density at radius 3 is 1.48 bits per heavy atom. The van der Waals surface area contributed by atoms with Crippen molar-refractivity contribution in [1.29, 1.82) is 0 Å². The van der Waals surface area contributed by atoms with Crippen molar-refractivity contribution in [3.05, 3.63) is 108 Å². The van der Waals surface area contributed by atoms with Gasteiger partial charge in [0.15, 0.2) is 0 Å². The van der Waals surface area contributed by atoms with Crippen LogP contribution in [0.4, 0.5) is 0 Å². The van der Waals surface area contributed by atoms with Gasteiger partial charge in [-0.1, -0.05) is 91.0 Å². The van der Waals surface area contributed by atoms with Gasteiger partial charge in [-0.2, -0.15) is 0 Å². The summed E-state index contributed by atoms with van der Waals surface area (Å²) < 4.78 is 0. The molecule has 3 aromatic rings. The molecule has 2 N–H and O–H groups in total. The van der Waals surface area contributed by atoms with Crippen molar-refractivity contribution in [2.45, 2.75) is 18.1 Å². The van der Waals surface area contributed by atoms with Gasteiger partial charge in [-0.05, 0) is 16.7 Å². The molecule has 2 nitrogen and oxygen atoms in total. The zero-order valence-electron chi connectivity index (χ0n) is 12.8. The van der Waals surface area contributed by atoms with Gasteiger partial charge in [-0.15, -0.1) is 0 Å². The summed E-state index contributed by atoms with van der Waals surface area (Å²) in [4.78, 5) is 0. The first-order chi connectivity index (χ1) is 11.2. The quantitative estimate of drug-likeness (QED) is 0.746. The Kier molecular flexibility index (Phi) is 4.56. The maximum Gasteiger partial charge on any atom is 0.117 e. The highest BCUT2D eigenvalue weighted by Gasteiger charge is 2.34. The lowest BCUT2D eigenvalue weighted by Crippen LogP contribution is -2.29. The smallest absolute Gasteiger partial charge is 0.117 e. The van der Waals surface area contributed by atoms with E-state index in [0.717, 1.165) is 16.7 Å². The van der Waals surface area contributed by atoms with Crippen LogP contribution in [0.2, 0.25) is 0 Å². The van der Waals surface area contributed by atoms with Gasteiger partial charge in [0, 0.05) is 6.42 Å². The molecule has 2 heteroatoms. The van der Waals surface area contributed by atoms with Crippen molar-refractivity contribution >= 4 is 0 Å². The van der Waals surface area contributed by atoms with E-state index in [1.807, 2.05) is 91.0 Å². The first-order valence-corrected chi connectivity index (χ1v) is 7.76. The Bertz CT molecular complexity index is 684. The van der Waals surface area contributed by atoms with E-state index < -0.39 is 11.7 Å². The summed E-state index contributed by atoms with van der Waals surface area (Å²) in [6.07, 6.45) is -0.549. The van der Waals surface area contributed by atoms with Crippen LogP contribution >= 0.6 is 0 Å². The average molecular weight is 304 g/mol. The zero-order chi connectivity index (χ0) is 16.1. The minimum Gasteiger partial charge on any atom is -0.388 e. The molecule has 3 rings (SSSR count). The predicted molar refractivity (Wildman–Crippen MR) is 91.9 cm³/mol. The largest absolute Gasteiger partial charge is 0.388 e. The highest BCUT2D eigenvalue weighted by molar-refractivity contribution is 5.36. The fourth-order valence-corrected chi connectivity index (χ4v) is 2.90. The van der Waals surface area contributed by atoms with Crippen molar-refractivity contribution in [2.75, 3.05) is 0 Å². The van der Waals surface area contributed by atoms with Crippen LogP contribution in [-0.2, 0) is 5.60 Å². The van der Waals surface area contributed by atoms with Crippen LogP contribution in [0.15, 0.2) is 91.0 Å². The Morgan fingerprint density at radius 1 is 0.652 bits per heavy atom. The van der Waals surface area contributed by atoms with Crippen LogP contribution in [0.25, 0.3) is 0 Å². The number of benzene rings is 3. The van der Waals surface area contributed by atoms with Crippen LogP contribution < -0.4 is 0 Å². The number of aliphatic hydroxyl groups is 2. The van der Waals surface area contributed by atoms with Gasteiger partial charge in [0.05, 0.1) is 6.10 Å². The van der Waals surface area contributed by atoms with Gasteiger partial charge in [-0.3, -0.25) is 0 Å². The van der Waals surface area contributed by atoms with Gasteiger partial charge >= 0.3 is 0 Å². The molecule has 0 aliphatic carbocycles. The minimum atomic E-state index is -1.24. The number of hydrogen-bond donors (Lipinski definition) is 2. The third kappa shape index (κ3) is 3.34. The van der Waals surface area contributed by atoms with E-state index in [-0.39, 0.29) is 6.42 Å². The second-order valence-electron chi connectivity index (χ2n) is 5.72. The maximum atomic E-state index is 11.4. The van der Waals surface area contributed by atoms with Crippen molar-refractivity contribution < 1.29 is 10.2 Å². The standard InChI is InChI=1S/C21H20O2/c22-20(17-10-4-1-5-11-17)16-21(23,18-12-6-2-7-13-18)19-14-8-3-9-15-19/h1-15,20,22-23H,16H2/t20-/m1/s1. The highest BCUT2D eigenvalue weighted by atomic mass is 16.3. The molecule has 0 aliphatic heterocycles. The van der Waals surface area contributed by atoms with E-state index in [2.05, 4.69) is 0 Å². The molecule has 0 amide bonds. The molecule has 0 saturated carbocycles. The van der Waals surface area contributed by atoms with Crippen LogP contribution in [0.5, 0.6) is 0 Å². The molecule has 0 aromatic heterocycles. The van der Waals surface area contributed by atoms with E-state index in [4.69, 9.17) is 0 Å². The summed E-state index contributed by atoms with van der Waals surface area (Å²) in [7, 11) is 0. The molecule has 0 unspecified atom stereocenters. The summed E-state index contributed by atoms with van der Waals surface area (Å²) in [6, 6.07) is 28.5. The molecule has 0 saturated heterocycles. The fourth-order valence-electron chi connectivity index (χ4n) is 2.90. The Balaban J connectivity index is 2.00. The lowest BCUT2D eigenvalue weighted by molar-refractivity contribution is 0.0168. The lowest BCUT2D eigenvalue weighted by atomic mass is 9.81. The van der Waals surface area contributed by atoms with E-state index in [0.29, 0.717) is 0 Å². The zero-order valence-corrected chi connectivity index (χ0v) is 12.8. The Morgan fingerprint density at radius 2 is 1.04 bits per heavy atom. The van der Waals surface area contributed by atoms with Gasteiger partial charge in [0.25, 0.3) is 0 Å². The molecule has 0 spiro atoms. The topological polar surface area (TPSA) is 40.5 Å². The number of aliphatic hydroxyl groups excluding tert-OH is 1. The van der Waals surface area contributed by atoms with E-state index in [9.17, 15) is 10.2 Å². The molecule has 0 aliphatic rings. The maximum absolute atomic E-state index is 11.4. The van der Waals surface area contributed by atoms with Crippen molar-refractivity contribution in [2.24, 2.45) is 0 Å². The van der Waals surface area contributed by atoms with Gasteiger partial charge < -0.3 is 10.2 Å². The molecular formula is C21H20O2. The second-order valence-corrected chi connectivity index (χ2v) is 5.72. The number of rotatable bonds is 5. The summed E-state index contributed by atoms with van der Waals surface area (Å²) in [5.41, 5.74) is 1.12. The van der Waals surface area contributed by atoms with Crippen molar-refractivity contribution in [3.63, 3.8) is 0 Å². The SMILES string of the molecule is O[C@H](CC(O)(c1ccccc1)c1ccccc1)c1ccccc1. The molecule has 0 fully saturated rings. The van der Waals surface area contributed by atoms with E-state index in [1.165, 1.54) is 0 Å². The third-order valence-corrected chi connectivity index (χ3v) is 4.18. The summed E-state index contributed by atoms with van der Waals surface area (Å²) in [5, 5.41) is 22.0. The highest BCUT2D eigenvalue weighted by Crippen LogP contribution is 2.37. The van der Waals surface area contributed by atoms with Gasteiger partial charge in [-0.25, -0.2) is 0 Å². The van der Waals surface area contributed by atoms with Gasteiger partial charge in [0.2, 0.25) is 0 Å². The predicted octanol–water partition coefficient (Wildman–Crippen LogP) is 4.05. The van der Waals surface area contributed by atoms with Crippen LogP contribution in [0.3, 0.4) is 0 Å². The lowest BCUT2D eigenvalue weighted by Gasteiger charge is -2.31. The minimum absolute atomic E-state index is 0.199. The Labute approximate surface area is 136 Å². The average Bonchev–Trinajstić information content (AvgIpc) is 2.64. The van der Waals surface area contributed by atoms with Crippen molar-refractivity contribution in [1.82, 2.24) is 0 Å². The molecule has 23 heavy (non-hydrogen) atoms. The Hall–Kier alpha value is -2.42. The summed E-state index contributed by atoms with van der Waals surface area (Å²) in [6.45, 7) is 0. The molecule has 3 aromatic carbocycles. The molecule has 0 heterocycles. The van der Waals surface area contributed by atoms with E-state index >= 15 is 0 Å². The van der Waals surface area contributed by atoms with Crippen molar-refractivity contribution in [3.8, 4) is 0 Å². The first-order valence-electron chi connectivity index (χ1n) is 7.76. The second kappa shape index (κ2) is 6.78. The third-order valence-electron chi connectivity index (χ3n) is 4.18. The van der Waals surface area contributed by atoms with Gasteiger partial charge in [0.1, 0.15) is 5.60 Å². The molecule has 116 valence electrons. The molecule has 1 atom stereocenters. The summed E-state index contributed by atoms with van der Waals surface area (Å²) >= 11 is 0. The molecular weight excluding hydrogens is 284 g/mol. The number of hydrogen-bond acceptors (Lipinski definition) is 2. The monoisotopic (exact) mass is 304 g/mol. The van der Waals surface area contributed by atoms with Crippen LogP contribution in [-0.4, -0.2) is 10.2 Å². The summed E-state index contributed by atoms with van der Waals surface area (Å²) in [5.74, 6) is 0. The van der Waals surface area contributed by atoms with Crippen LogP contribution in [0.1, 0.15) is 29.2 Å². The molecule has 0 radical (unpaired) electrons. The van der Waals surface area contributed by atoms with Crippen LogP contribution in [0, 0.1) is 0 Å². The first kappa shape index (κ1) is 15.5.